The largest absolute Gasteiger partial charge is 0.505 e. The fourth-order valence-electron chi connectivity index (χ4n) is 6.30. The molecule has 5 heteroatoms. The third-order valence-electron chi connectivity index (χ3n) is 8.52. The van der Waals surface area contributed by atoms with E-state index in [0.717, 1.165) is 39.1 Å². The van der Waals surface area contributed by atoms with Gasteiger partial charge in [-0.2, -0.15) is 0 Å². The van der Waals surface area contributed by atoms with Crippen LogP contribution in [0.25, 0.3) is 38.5 Å². The van der Waals surface area contributed by atoms with Crippen LogP contribution < -0.4 is 4.74 Å². The quantitative estimate of drug-likeness (QED) is 0.248. The van der Waals surface area contributed by atoms with Crippen LogP contribution in [0.1, 0.15) is 58.7 Å². The van der Waals surface area contributed by atoms with Crippen molar-refractivity contribution >= 4 is 32.7 Å². The molecule has 1 aliphatic carbocycles. The van der Waals surface area contributed by atoms with E-state index in [4.69, 9.17) is 14.7 Å². The van der Waals surface area contributed by atoms with Gasteiger partial charge in [-0.1, -0.05) is 36.2 Å². The van der Waals surface area contributed by atoms with E-state index in [1.807, 2.05) is 45.0 Å². The molecule has 3 aromatic heterocycles. The van der Waals surface area contributed by atoms with Gasteiger partial charge < -0.3 is 9.84 Å². The first-order valence-electron chi connectivity index (χ1n) is 14.1. The lowest BCUT2D eigenvalue weighted by Gasteiger charge is -2.27. The number of hydrogen-bond donors (Lipinski definition) is 1. The van der Waals surface area contributed by atoms with Gasteiger partial charge in [0.05, 0.1) is 11.0 Å². The molecule has 3 heterocycles. The summed E-state index contributed by atoms with van der Waals surface area (Å²) in [4.78, 5) is 9.68. The number of benzene rings is 3. The van der Waals surface area contributed by atoms with Crippen LogP contribution in [0.3, 0.4) is 0 Å². The van der Waals surface area contributed by atoms with Crippen molar-refractivity contribution < 1.29 is 9.84 Å². The number of phenolic OH excluding ortho intramolecular Hbond substituents is 1. The summed E-state index contributed by atoms with van der Waals surface area (Å²) < 4.78 is 8.77. The number of fused-ring (bicyclic) bond motifs is 4. The first-order chi connectivity index (χ1) is 19.3. The van der Waals surface area contributed by atoms with E-state index >= 15 is 0 Å². The van der Waals surface area contributed by atoms with E-state index in [1.54, 1.807) is 0 Å². The van der Waals surface area contributed by atoms with Gasteiger partial charge in [-0.15, -0.1) is 0 Å². The molecule has 0 radical (unpaired) electrons. The number of nitrogens with zero attached hydrogens (tertiary/aromatic N) is 3. The topological polar surface area (TPSA) is 60.2 Å². The highest BCUT2D eigenvalue weighted by Gasteiger charge is 2.26. The maximum atomic E-state index is 10.7. The molecule has 0 atom stereocenters. The predicted molar refractivity (Wildman–Crippen MR) is 162 cm³/mol. The zero-order valence-electron chi connectivity index (χ0n) is 23.7. The summed E-state index contributed by atoms with van der Waals surface area (Å²) in [5.74, 6) is 2.87. The van der Waals surface area contributed by atoms with Gasteiger partial charge in [0.15, 0.2) is 0 Å². The van der Waals surface area contributed by atoms with E-state index in [2.05, 4.69) is 54.8 Å². The number of aryl methyl sites for hydroxylation is 5. The summed E-state index contributed by atoms with van der Waals surface area (Å²) >= 11 is 0. The molecule has 0 spiro atoms. The van der Waals surface area contributed by atoms with Crippen LogP contribution in [-0.2, 0) is 0 Å². The van der Waals surface area contributed by atoms with E-state index in [1.165, 1.54) is 46.7 Å². The van der Waals surface area contributed by atoms with Gasteiger partial charge >= 0.3 is 0 Å². The standard InChI is InChI=1S/C35H33N3O2/c1-19-14-27(24-9-7-10-24)34-28(15-19)32-22(4)16-25(18-29(32)38(34)30-11-6-8-23(5)36-30)40-31-17-21(3)26-13-12-20(2)35(39)33(26)37-31/h6,8,11-18,24,39H,7,9-10H2,1-5H3. The molecule has 0 bridgehead atoms. The Morgan fingerprint density at radius 1 is 0.825 bits per heavy atom. The normalized spacial score (nSPS) is 13.8. The van der Waals surface area contributed by atoms with Crippen molar-refractivity contribution in [1.82, 2.24) is 14.5 Å². The van der Waals surface area contributed by atoms with Gasteiger partial charge in [-0.25, -0.2) is 9.97 Å². The zero-order valence-corrected chi connectivity index (χ0v) is 23.7. The number of aromatic hydroxyl groups is 1. The van der Waals surface area contributed by atoms with Crippen LogP contribution >= 0.6 is 0 Å². The molecular formula is C35H33N3O2. The lowest BCUT2D eigenvalue weighted by atomic mass is 9.79. The monoisotopic (exact) mass is 527 g/mol. The molecule has 1 saturated carbocycles. The van der Waals surface area contributed by atoms with Crippen LogP contribution in [0, 0.1) is 34.6 Å². The average Bonchev–Trinajstić information content (AvgIpc) is 3.20. The maximum absolute atomic E-state index is 10.7. The second kappa shape index (κ2) is 9.09. The van der Waals surface area contributed by atoms with Crippen LogP contribution in [0.5, 0.6) is 17.4 Å². The van der Waals surface area contributed by atoms with Gasteiger partial charge in [0.1, 0.15) is 22.8 Å². The number of aromatic nitrogens is 3. The SMILES string of the molecule is Cc1cc(C2CCC2)c2c(c1)c1c(C)cc(Oc3cc(C)c4ccc(C)c(O)c4n3)cc1n2-c1cccc(C)n1. The number of hydrogen-bond acceptors (Lipinski definition) is 4. The molecule has 1 fully saturated rings. The Balaban J connectivity index is 1.48. The minimum atomic E-state index is 0.197. The first kappa shape index (κ1) is 24.6. The first-order valence-corrected chi connectivity index (χ1v) is 14.1. The van der Waals surface area contributed by atoms with E-state index in [-0.39, 0.29) is 5.75 Å². The van der Waals surface area contributed by atoms with E-state index in [0.29, 0.717) is 23.1 Å². The molecule has 40 heavy (non-hydrogen) atoms. The van der Waals surface area contributed by atoms with Gasteiger partial charge in [0, 0.05) is 34.0 Å². The van der Waals surface area contributed by atoms with Crippen LogP contribution in [-0.4, -0.2) is 19.6 Å². The third-order valence-corrected chi connectivity index (χ3v) is 8.52. The summed E-state index contributed by atoms with van der Waals surface area (Å²) in [6.45, 7) is 10.3. The lowest BCUT2D eigenvalue weighted by Crippen LogP contribution is -2.11. The molecule has 7 rings (SSSR count). The van der Waals surface area contributed by atoms with Crippen molar-refractivity contribution in [2.75, 3.05) is 0 Å². The van der Waals surface area contributed by atoms with Crippen LogP contribution in [0.2, 0.25) is 0 Å². The van der Waals surface area contributed by atoms with E-state index < -0.39 is 0 Å². The van der Waals surface area contributed by atoms with Gasteiger partial charge in [-0.05, 0) is 99.9 Å². The van der Waals surface area contributed by atoms with Crippen molar-refractivity contribution in [3.63, 3.8) is 0 Å². The number of ether oxygens (including phenoxy) is 1. The van der Waals surface area contributed by atoms with Crippen molar-refractivity contribution in [1.29, 1.82) is 0 Å². The summed E-state index contributed by atoms with van der Waals surface area (Å²) in [5.41, 5.74) is 9.52. The Morgan fingerprint density at radius 2 is 1.65 bits per heavy atom. The highest BCUT2D eigenvalue weighted by Crippen LogP contribution is 2.45. The van der Waals surface area contributed by atoms with E-state index in [9.17, 15) is 5.11 Å². The predicted octanol–water partition coefficient (Wildman–Crippen LogP) is 9.03. The number of rotatable bonds is 4. The Kier molecular flexibility index (Phi) is 5.60. The number of phenols is 1. The minimum absolute atomic E-state index is 0.197. The molecule has 1 aliphatic rings. The molecule has 0 aliphatic heterocycles. The second-order valence-corrected chi connectivity index (χ2v) is 11.5. The molecule has 0 unspecified atom stereocenters. The highest BCUT2D eigenvalue weighted by molar-refractivity contribution is 6.12. The zero-order chi connectivity index (χ0) is 27.7. The maximum Gasteiger partial charge on any atom is 0.220 e. The highest BCUT2D eigenvalue weighted by atomic mass is 16.5. The van der Waals surface area contributed by atoms with Crippen molar-refractivity contribution in [3.8, 4) is 23.2 Å². The lowest BCUT2D eigenvalue weighted by molar-refractivity contribution is 0.421. The van der Waals surface area contributed by atoms with Crippen molar-refractivity contribution in [2.45, 2.75) is 59.8 Å². The van der Waals surface area contributed by atoms with Gasteiger partial charge in [0.25, 0.3) is 0 Å². The molecular weight excluding hydrogens is 494 g/mol. The fraction of sp³-hybridized carbons (Fsp3) is 0.257. The molecule has 5 nitrogen and oxygen atoms in total. The third kappa shape index (κ3) is 3.83. The number of pyridine rings is 2. The van der Waals surface area contributed by atoms with Crippen LogP contribution in [0.15, 0.2) is 60.7 Å². The molecule has 200 valence electrons. The fourth-order valence-corrected chi connectivity index (χ4v) is 6.30. The van der Waals surface area contributed by atoms with Crippen molar-refractivity contribution in [2.24, 2.45) is 0 Å². The van der Waals surface area contributed by atoms with Crippen molar-refractivity contribution in [3.05, 3.63) is 94.2 Å². The van der Waals surface area contributed by atoms with Gasteiger partial charge in [0.2, 0.25) is 5.88 Å². The molecule has 3 aromatic carbocycles. The summed E-state index contributed by atoms with van der Waals surface area (Å²) in [6, 6.07) is 21.0. The average molecular weight is 528 g/mol. The molecule has 6 aromatic rings. The Hall–Kier alpha value is -4.38. The summed E-state index contributed by atoms with van der Waals surface area (Å²) in [6.07, 6.45) is 3.75. The summed E-state index contributed by atoms with van der Waals surface area (Å²) in [5, 5.41) is 14.1. The Morgan fingerprint density at radius 3 is 2.40 bits per heavy atom. The second-order valence-electron chi connectivity index (χ2n) is 11.5. The smallest absolute Gasteiger partial charge is 0.220 e. The molecule has 0 amide bonds. The Labute approximate surface area is 234 Å². The molecule has 1 N–H and O–H groups in total. The minimum Gasteiger partial charge on any atom is -0.505 e. The van der Waals surface area contributed by atoms with Crippen LogP contribution in [0.4, 0.5) is 0 Å². The van der Waals surface area contributed by atoms with Gasteiger partial charge in [-0.3, -0.25) is 4.57 Å². The Bertz CT molecular complexity index is 1980. The summed E-state index contributed by atoms with van der Waals surface area (Å²) in [7, 11) is 0. The molecule has 0 saturated heterocycles.